The molecule has 0 aromatic rings. The highest BCUT2D eigenvalue weighted by atomic mass is 16.7. The van der Waals surface area contributed by atoms with Gasteiger partial charge in [0.05, 0.1) is 18.8 Å². The van der Waals surface area contributed by atoms with Crippen LogP contribution in [0, 0.1) is 0 Å². The molecule has 0 unspecified atom stereocenters. The maximum absolute atomic E-state index is 5.47. The van der Waals surface area contributed by atoms with Crippen LogP contribution in [-0.4, -0.2) is 31.2 Å². The highest BCUT2D eigenvalue weighted by Gasteiger charge is 2.23. The van der Waals surface area contributed by atoms with E-state index in [-0.39, 0.29) is 18.8 Å². The summed E-state index contributed by atoms with van der Waals surface area (Å²) in [5.41, 5.74) is 0.179. The second-order valence-electron chi connectivity index (χ2n) is 5.16. The van der Waals surface area contributed by atoms with E-state index < -0.39 is 0 Å². The molecule has 2 saturated heterocycles. The number of hydrogen-bond acceptors (Lipinski definition) is 3. The van der Waals surface area contributed by atoms with Crippen molar-refractivity contribution in [1.82, 2.24) is 0 Å². The molecule has 3 heteroatoms. The minimum absolute atomic E-state index is 0. The Hall–Kier alpha value is -0.120. The van der Waals surface area contributed by atoms with Crippen LogP contribution in [-0.2, 0) is 14.2 Å². The first kappa shape index (κ1) is 15.9. The molecule has 0 amide bonds. The first-order valence-corrected chi connectivity index (χ1v) is 5.83. The van der Waals surface area contributed by atoms with Crippen LogP contribution in [0.2, 0.25) is 0 Å². The lowest BCUT2D eigenvalue weighted by molar-refractivity contribution is -0.125. The summed E-state index contributed by atoms with van der Waals surface area (Å²) < 4.78 is 15.7. The molecular weight excluding hydrogens is 204 g/mol. The maximum atomic E-state index is 5.47. The fourth-order valence-electron chi connectivity index (χ4n) is 1.69. The molecule has 0 aromatic carbocycles. The number of rotatable bonds is 0. The van der Waals surface area contributed by atoms with Gasteiger partial charge in [0.2, 0.25) is 0 Å². The Morgan fingerprint density at radius 2 is 1.31 bits per heavy atom. The normalized spacial score (nSPS) is 26.2. The maximum Gasteiger partial charge on any atom is 0.162 e. The summed E-state index contributed by atoms with van der Waals surface area (Å²) in [7, 11) is 0. The minimum Gasteiger partial charge on any atom is -0.376 e. The molecule has 0 spiro atoms. The van der Waals surface area contributed by atoms with Crippen LogP contribution in [0.3, 0.4) is 0 Å². The Morgan fingerprint density at radius 3 is 1.50 bits per heavy atom. The third-order valence-corrected chi connectivity index (χ3v) is 2.65. The smallest absolute Gasteiger partial charge is 0.162 e. The lowest BCUT2D eigenvalue weighted by atomic mass is 9.99. The summed E-state index contributed by atoms with van der Waals surface area (Å²) in [5.74, 6) is -0.306. The summed E-state index contributed by atoms with van der Waals surface area (Å²) in [4.78, 5) is 0. The van der Waals surface area contributed by atoms with Gasteiger partial charge in [-0.1, -0.05) is 7.43 Å². The zero-order chi connectivity index (χ0) is 11.4. The van der Waals surface area contributed by atoms with Gasteiger partial charge in [0.15, 0.2) is 5.79 Å². The fourth-order valence-corrected chi connectivity index (χ4v) is 1.69. The summed E-state index contributed by atoms with van der Waals surface area (Å²) in [6.07, 6.45) is 3.82. The van der Waals surface area contributed by atoms with Crippen molar-refractivity contribution in [3.8, 4) is 0 Å². The van der Waals surface area contributed by atoms with E-state index in [1.54, 1.807) is 0 Å². The van der Waals surface area contributed by atoms with Gasteiger partial charge in [0, 0.05) is 6.61 Å². The Morgan fingerprint density at radius 1 is 0.750 bits per heavy atom. The summed E-state index contributed by atoms with van der Waals surface area (Å²) >= 11 is 0. The van der Waals surface area contributed by atoms with Crippen LogP contribution in [0.1, 0.15) is 54.4 Å². The molecule has 2 aliphatic rings. The molecule has 0 saturated carbocycles. The van der Waals surface area contributed by atoms with Gasteiger partial charge in [-0.05, 0) is 47.0 Å². The highest BCUT2D eigenvalue weighted by Crippen LogP contribution is 2.22. The molecule has 0 aromatic heterocycles. The Labute approximate surface area is 100 Å². The molecule has 0 aliphatic carbocycles. The van der Waals surface area contributed by atoms with Gasteiger partial charge in [0.25, 0.3) is 0 Å². The van der Waals surface area contributed by atoms with Gasteiger partial charge in [-0.3, -0.25) is 0 Å². The topological polar surface area (TPSA) is 27.7 Å². The molecule has 0 N–H and O–H groups in total. The van der Waals surface area contributed by atoms with Crippen molar-refractivity contribution in [2.75, 3.05) is 19.8 Å². The van der Waals surface area contributed by atoms with E-state index in [0.717, 1.165) is 19.8 Å². The second kappa shape index (κ2) is 6.58. The largest absolute Gasteiger partial charge is 0.376 e. The third kappa shape index (κ3) is 6.46. The van der Waals surface area contributed by atoms with Crippen LogP contribution in [0.5, 0.6) is 0 Å². The molecule has 0 radical (unpaired) electrons. The van der Waals surface area contributed by atoms with E-state index in [0.29, 0.717) is 0 Å². The van der Waals surface area contributed by atoms with E-state index in [2.05, 4.69) is 13.8 Å². The standard InChI is InChI=1S/C7H14O.C5H10O2.CH4/c1-7(2)5-3-4-6-8-7;1-5(2)6-3-4-7-5;/h3-6H2,1-2H3;3-4H2,1-2H3;1H4. The average molecular weight is 232 g/mol. The second-order valence-corrected chi connectivity index (χ2v) is 5.16. The van der Waals surface area contributed by atoms with E-state index in [1.807, 2.05) is 13.8 Å². The number of ether oxygens (including phenoxy) is 3. The zero-order valence-corrected chi connectivity index (χ0v) is 10.5. The molecule has 2 fully saturated rings. The quantitative estimate of drug-likeness (QED) is 0.641. The third-order valence-electron chi connectivity index (χ3n) is 2.65. The van der Waals surface area contributed by atoms with E-state index >= 15 is 0 Å². The monoisotopic (exact) mass is 232 g/mol. The zero-order valence-electron chi connectivity index (χ0n) is 10.5. The van der Waals surface area contributed by atoms with E-state index in [4.69, 9.17) is 14.2 Å². The SMILES string of the molecule is C.CC1(C)CCCCO1.CC1(C)OCCO1. The van der Waals surface area contributed by atoms with Crippen molar-refractivity contribution >= 4 is 0 Å². The Kier molecular flexibility index (Phi) is 6.53. The predicted octanol–water partition coefficient (Wildman–Crippen LogP) is 3.37. The fraction of sp³-hybridized carbons (Fsp3) is 1.00. The Balaban J connectivity index is 0.000000267. The highest BCUT2D eigenvalue weighted by molar-refractivity contribution is 4.71. The first-order chi connectivity index (χ1) is 6.91. The van der Waals surface area contributed by atoms with Gasteiger partial charge in [0.1, 0.15) is 0 Å². The van der Waals surface area contributed by atoms with Crippen LogP contribution in [0.25, 0.3) is 0 Å². The van der Waals surface area contributed by atoms with E-state index in [1.165, 1.54) is 19.3 Å². The summed E-state index contributed by atoms with van der Waals surface area (Å²) in [6, 6.07) is 0. The summed E-state index contributed by atoms with van der Waals surface area (Å²) in [6.45, 7) is 10.6. The van der Waals surface area contributed by atoms with Crippen molar-refractivity contribution < 1.29 is 14.2 Å². The van der Waals surface area contributed by atoms with Gasteiger partial charge in [-0.2, -0.15) is 0 Å². The molecule has 2 heterocycles. The van der Waals surface area contributed by atoms with Crippen molar-refractivity contribution in [3.05, 3.63) is 0 Å². The first-order valence-electron chi connectivity index (χ1n) is 5.83. The van der Waals surface area contributed by atoms with E-state index in [9.17, 15) is 0 Å². The van der Waals surface area contributed by atoms with Crippen molar-refractivity contribution in [2.45, 2.75) is 65.8 Å². The molecular formula is C13H28O3. The van der Waals surface area contributed by atoms with Crippen LogP contribution in [0.4, 0.5) is 0 Å². The minimum atomic E-state index is -0.306. The molecule has 2 aliphatic heterocycles. The lowest BCUT2D eigenvalue weighted by Crippen LogP contribution is -2.28. The van der Waals surface area contributed by atoms with Crippen molar-refractivity contribution in [2.24, 2.45) is 0 Å². The van der Waals surface area contributed by atoms with Gasteiger partial charge in [-0.25, -0.2) is 0 Å². The lowest BCUT2D eigenvalue weighted by Gasteiger charge is -2.29. The number of hydrogen-bond donors (Lipinski definition) is 0. The molecule has 98 valence electrons. The molecule has 0 bridgehead atoms. The molecule has 2 rings (SSSR count). The van der Waals surface area contributed by atoms with Gasteiger partial charge >= 0.3 is 0 Å². The Bertz CT molecular complexity index is 172. The van der Waals surface area contributed by atoms with Crippen LogP contribution < -0.4 is 0 Å². The predicted molar refractivity (Wildman–Crippen MR) is 66.6 cm³/mol. The molecule has 16 heavy (non-hydrogen) atoms. The average Bonchev–Trinajstić information content (AvgIpc) is 2.51. The van der Waals surface area contributed by atoms with Crippen molar-refractivity contribution in [1.29, 1.82) is 0 Å². The van der Waals surface area contributed by atoms with Gasteiger partial charge < -0.3 is 14.2 Å². The molecule has 0 atom stereocenters. The molecule has 3 nitrogen and oxygen atoms in total. The summed E-state index contributed by atoms with van der Waals surface area (Å²) in [5, 5.41) is 0. The van der Waals surface area contributed by atoms with Gasteiger partial charge in [-0.15, -0.1) is 0 Å². The van der Waals surface area contributed by atoms with Crippen LogP contribution >= 0.6 is 0 Å². The van der Waals surface area contributed by atoms with Crippen molar-refractivity contribution in [3.63, 3.8) is 0 Å². The van der Waals surface area contributed by atoms with Crippen LogP contribution in [0.15, 0.2) is 0 Å².